The maximum Gasteiger partial charge on any atom is 0.242 e. The van der Waals surface area contributed by atoms with E-state index in [0.717, 1.165) is 0 Å². The Kier molecular flexibility index (Phi) is 5.51. The van der Waals surface area contributed by atoms with Crippen LogP contribution < -0.4 is 4.72 Å². The number of imidazole rings is 1. The second kappa shape index (κ2) is 6.98. The van der Waals surface area contributed by atoms with Gasteiger partial charge in [-0.15, -0.1) is 0 Å². The lowest BCUT2D eigenvalue weighted by molar-refractivity contribution is 0.570. The molecule has 0 amide bonds. The lowest BCUT2D eigenvalue weighted by Gasteiger charge is -2.09. The summed E-state index contributed by atoms with van der Waals surface area (Å²) in [5.74, 6) is 0. The van der Waals surface area contributed by atoms with E-state index >= 15 is 0 Å². The van der Waals surface area contributed by atoms with Crippen LogP contribution in [0.1, 0.15) is 6.42 Å². The Morgan fingerprint density at radius 2 is 1.86 bits per heavy atom. The van der Waals surface area contributed by atoms with Crippen molar-refractivity contribution >= 4 is 44.8 Å². The zero-order chi connectivity index (χ0) is 15.5. The molecule has 1 aromatic heterocycles. The number of benzene rings is 1. The van der Waals surface area contributed by atoms with Crippen LogP contribution in [0, 0.1) is 0 Å². The van der Waals surface area contributed by atoms with E-state index in [1.165, 1.54) is 12.1 Å². The van der Waals surface area contributed by atoms with Crippen molar-refractivity contribution in [3.63, 3.8) is 0 Å². The van der Waals surface area contributed by atoms with Gasteiger partial charge in [0.1, 0.15) is 4.90 Å². The summed E-state index contributed by atoms with van der Waals surface area (Å²) in [6.45, 7) is 0.939. The molecular weight excluding hydrogens is 357 g/mol. The Hall–Kier alpha value is -0.790. The Balaban J connectivity index is 2.00. The van der Waals surface area contributed by atoms with Gasteiger partial charge in [0, 0.05) is 25.5 Å². The lowest BCUT2D eigenvalue weighted by atomic mass is 10.4. The number of hydrogen-bond acceptors (Lipinski definition) is 3. The molecule has 0 atom stereocenters. The van der Waals surface area contributed by atoms with E-state index in [2.05, 4.69) is 9.71 Å². The normalized spacial score (nSPS) is 11.8. The van der Waals surface area contributed by atoms with E-state index in [1.54, 1.807) is 12.5 Å². The number of hydrogen-bond donors (Lipinski definition) is 1. The summed E-state index contributed by atoms with van der Waals surface area (Å²) >= 11 is 17.5. The van der Waals surface area contributed by atoms with Gasteiger partial charge in [-0.25, -0.2) is 18.1 Å². The first-order valence-corrected chi connectivity index (χ1v) is 8.62. The van der Waals surface area contributed by atoms with Crippen LogP contribution in [0.2, 0.25) is 15.1 Å². The van der Waals surface area contributed by atoms with Crippen molar-refractivity contribution in [1.29, 1.82) is 0 Å². The first-order valence-electron chi connectivity index (χ1n) is 6.00. The molecule has 21 heavy (non-hydrogen) atoms. The molecule has 0 fully saturated rings. The predicted molar refractivity (Wildman–Crippen MR) is 83.5 cm³/mol. The molecule has 9 heteroatoms. The molecule has 5 nitrogen and oxygen atoms in total. The summed E-state index contributed by atoms with van der Waals surface area (Å²) in [5.41, 5.74) is 0. The Morgan fingerprint density at radius 3 is 2.52 bits per heavy atom. The zero-order valence-corrected chi connectivity index (χ0v) is 13.8. The van der Waals surface area contributed by atoms with E-state index in [-0.39, 0.29) is 26.5 Å². The fourth-order valence-corrected chi connectivity index (χ4v) is 3.75. The molecule has 0 bridgehead atoms. The first kappa shape index (κ1) is 16.6. The van der Waals surface area contributed by atoms with Gasteiger partial charge in [0.15, 0.2) is 0 Å². The van der Waals surface area contributed by atoms with Crippen molar-refractivity contribution < 1.29 is 8.42 Å². The fraction of sp³-hybridized carbons (Fsp3) is 0.250. The molecule has 0 saturated carbocycles. The van der Waals surface area contributed by atoms with Crippen molar-refractivity contribution in [2.75, 3.05) is 6.54 Å². The number of aryl methyl sites for hydroxylation is 1. The number of sulfonamides is 1. The van der Waals surface area contributed by atoms with Gasteiger partial charge >= 0.3 is 0 Å². The third kappa shape index (κ3) is 4.34. The van der Waals surface area contributed by atoms with Gasteiger partial charge in [-0.05, 0) is 18.6 Å². The molecule has 0 saturated heterocycles. The first-order chi connectivity index (χ1) is 9.90. The summed E-state index contributed by atoms with van der Waals surface area (Å²) in [4.78, 5) is 3.82. The molecule has 0 aliphatic heterocycles. The second-order valence-electron chi connectivity index (χ2n) is 4.25. The Morgan fingerprint density at radius 1 is 1.14 bits per heavy atom. The number of rotatable bonds is 6. The Bertz CT molecular complexity index is 718. The van der Waals surface area contributed by atoms with E-state index in [1.807, 2.05) is 10.8 Å². The fourth-order valence-electron chi connectivity index (χ4n) is 1.68. The third-order valence-electron chi connectivity index (χ3n) is 2.71. The smallest absolute Gasteiger partial charge is 0.242 e. The van der Waals surface area contributed by atoms with Gasteiger partial charge in [0.2, 0.25) is 10.0 Å². The van der Waals surface area contributed by atoms with Crippen LogP contribution in [0.4, 0.5) is 0 Å². The van der Waals surface area contributed by atoms with Crippen molar-refractivity contribution in [3.8, 4) is 0 Å². The number of nitrogens with zero attached hydrogens (tertiary/aromatic N) is 2. The van der Waals surface area contributed by atoms with Gasteiger partial charge in [0.25, 0.3) is 0 Å². The molecule has 0 spiro atoms. The van der Waals surface area contributed by atoms with Gasteiger partial charge in [-0.2, -0.15) is 0 Å². The number of nitrogens with one attached hydrogen (secondary N) is 1. The standard InChI is InChI=1S/C12H12Cl3N3O2S/c13-9-6-11(15)12(7-10(9)14)21(19,20)17-2-1-4-18-5-3-16-8-18/h3,5-8,17H,1-2,4H2. The van der Waals surface area contributed by atoms with Crippen molar-refractivity contribution in [3.05, 3.63) is 45.9 Å². The van der Waals surface area contributed by atoms with E-state index in [9.17, 15) is 8.42 Å². The largest absolute Gasteiger partial charge is 0.337 e. The molecule has 1 heterocycles. The van der Waals surface area contributed by atoms with Crippen LogP contribution in [0.5, 0.6) is 0 Å². The molecule has 0 aliphatic rings. The summed E-state index contributed by atoms with van der Waals surface area (Å²) in [6, 6.07) is 2.55. The third-order valence-corrected chi connectivity index (χ3v) is 5.36. The summed E-state index contributed by atoms with van der Waals surface area (Å²) in [7, 11) is -3.72. The van der Waals surface area contributed by atoms with Crippen molar-refractivity contribution in [2.24, 2.45) is 0 Å². The zero-order valence-electron chi connectivity index (χ0n) is 10.8. The van der Waals surface area contributed by atoms with Crippen LogP contribution in [-0.4, -0.2) is 24.5 Å². The molecule has 1 N–H and O–H groups in total. The highest BCUT2D eigenvalue weighted by Gasteiger charge is 2.19. The Labute approximate surface area is 137 Å². The predicted octanol–water partition coefficient (Wildman–Crippen LogP) is 3.21. The SMILES string of the molecule is O=S(=O)(NCCCn1ccnc1)c1cc(Cl)c(Cl)cc1Cl. The number of halogens is 3. The van der Waals surface area contributed by atoms with Crippen molar-refractivity contribution in [2.45, 2.75) is 17.9 Å². The topological polar surface area (TPSA) is 64.0 Å². The minimum atomic E-state index is -3.72. The minimum Gasteiger partial charge on any atom is -0.337 e. The highest BCUT2D eigenvalue weighted by Crippen LogP contribution is 2.31. The summed E-state index contributed by atoms with van der Waals surface area (Å²) in [5, 5.41) is 0.382. The van der Waals surface area contributed by atoms with Gasteiger partial charge in [0.05, 0.1) is 21.4 Å². The molecule has 2 rings (SSSR count). The number of aromatic nitrogens is 2. The van der Waals surface area contributed by atoms with Crippen LogP contribution >= 0.6 is 34.8 Å². The maximum atomic E-state index is 12.2. The molecule has 0 radical (unpaired) electrons. The van der Waals surface area contributed by atoms with Gasteiger partial charge in [-0.3, -0.25) is 0 Å². The second-order valence-corrected chi connectivity index (χ2v) is 7.21. The van der Waals surface area contributed by atoms with Crippen LogP contribution in [0.3, 0.4) is 0 Å². The molecule has 2 aromatic rings. The molecular formula is C12H12Cl3N3O2S. The van der Waals surface area contributed by atoms with E-state index in [0.29, 0.717) is 13.0 Å². The summed E-state index contributed by atoms with van der Waals surface area (Å²) in [6.07, 6.45) is 5.77. The average Bonchev–Trinajstić information content (AvgIpc) is 2.92. The van der Waals surface area contributed by atoms with E-state index in [4.69, 9.17) is 34.8 Å². The van der Waals surface area contributed by atoms with E-state index < -0.39 is 10.0 Å². The molecule has 114 valence electrons. The monoisotopic (exact) mass is 367 g/mol. The quantitative estimate of drug-likeness (QED) is 0.629. The van der Waals surface area contributed by atoms with Crippen LogP contribution in [0.25, 0.3) is 0 Å². The average molecular weight is 369 g/mol. The van der Waals surface area contributed by atoms with Crippen LogP contribution in [-0.2, 0) is 16.6 Å². The highest BCUT2D eigenvalue weighted by atomic mass is 35.5. The summed E-state index contributed by atoms with van der Waals surface area (Å²) < 4.78 is 28.7. The maximum absolute atomic E-state index is 12.2. The minimum absolute atomic E-state index is 0.0338. The van der Waals surface area contributed by atoms with Crippen LogP contribution in [0.15, 0.2) is 35.7 Å². The van der Waals surface area contributed by atoms with Gasteiger partial charge < -0.3 is 4.57 Å². The van der Waals surface area contributed by atoms with Gasteiger partial charge in [-0.1, -0.05) is 34.8 Å². The van der Waals surface area contributed by atoms with Crippen molar-refractivity contribution in [1.82, 2.24) is 14.3 Å². The molecule has 0 aliphatic carbocycles. The lowest BCUT2D eigenvalue weighted by Crippen LogP contribution is -2.25. The molecule has 0 unspecified atom stereocenters. The molecule has 1 aromatic carbocycles. The highest BCUT2D eigenvalue weighted by molar-refractivity contribution is 7.89.